The normalized spacial score (nSPS) is 20.2. The molecule has 0 aromatic heterocycles. The number of benzene rings is 4. The van der Waals surface area contributed by atoms with Crippen molar-refractivity contribution in [2.75, 3.05) is 0 Å². The Labute approximate surface area is 241 Å². The zero-order valence-electron chi connectivity index (χ0n) is 25.5. The first-order valence-electron chi connectivity index (χ1n) is 15.9. The molecule has 0 aliphatic heterocycles. The first-order valence-corrected chi connectivity index (χ1v) is 15.9. The Morgan fingerprint density at radius 2 is 1.45 bits per heavy atom. The van der Waals surface area contributed by atoms with Crippen LogP contribution in [0.4, 0.5) is 0 Å². The van der Waals surface area contributed by atoms with Crippen molar-refractivity contribution < 1.29 is 0 Å². The van der Waals surface area contributed by atoms with E-state index in [2.05, 4.69) is 115 Å². The molecule has 0 N–H and O–H groups in total. The molecule has 1 spiro atoms. The fraction of sp³-hybridized carbons (Fsp3) is 0.400. The first kappa shape index (κ1) is 25.8. The van der Waals surface area contributed by atoms with Crippen molar-refractivity contribution >= 4 is 21.5 Å². The van der Waals surface area contributed by atoms with Crippen LogP contribution in [0.25, 0.3) is 32.7 Å². The minimum atomic E-state index is -0.123. The van der Waals surface area contributed by atoms with Gasteiger partial charge in [-0.3, -0.25) is 0 Å². The summed E-state index contributed by atoms with van der Waals surface area (Å²) in [4.78, 5) is 0. The predicted molar refractivity (Wildman–Crippen MR) is 173 cm³/mol. The van der Waals surface area contributed by atoms with Crippen LogP contribution in [0, 0.1) is 18.8 Å². The van der Waals surface area contributed by atoms with E-state index in [0.29, 0.717) is 11.8 Å². The third-order valence-corrected chi connectivity index (χ3v) is 11.0. The minimum Gasteiger partial charge on any atom is -0.0657 e. The van der Waals surface area contributed by atoms with Gasteiger partial charge in [0.25, 0.3) is 0 Å². The van der Waals surface area contributed by atoms with E-state index < -0.39 is 0 Å². The lowest BCUT2D eigenvalue weighted by molar-refractivity contribution is 0.491. The van der Waals surface area contributed by atoms with Crippen LogP contribution in [0.1, 0.15) is 101 Å². The molecule has 4 aromatic carbocycles. The Balaban J connectivity index is 1.68. The highest BCUT2D eigenvalue weighted by atomic mass is 14.5. The molecule has 0 heterocycles. The molecule has 0 fully saturated rings. The second-order valence-electron chi connectivity index (χ2n) is 13.5. The first-order chi connectivity index (χ1) is 19.3. The smallest absolute Gasteiger partial charge is 0.0443 e. The number of rotatable bonds is 6. The Hall–Kier alpha value is -3.12. The van der Waals surface area contributed by atoms with Crippen molar-refractivity contribution in [2.45, 2.75) is 91.4 Å². The van der Waals surface area contributed by atoms with Crippen LogP contribution in [0.15, 0.2) is 77.9 Å². The summed E-state index contributed by atoms with van der Waals surface area (Å²) < 4.78 is 0. The summed E-state index contributed by atoms with van der Waals surface area (Å²) in [5.74, 6) is 1.24. The van der Waals surface area contributed by atoms with Gasteiger partial charge in [0.05, 0.1) is 0 Å². The molecule has 0 saturated carbocycles. The van der Waals surface area contributed by atoms with Gasteiger partial charge in [-0.1, -0.05) is 113 Å². The Morgan fingerprint density at radius 1 is 0.725 bits per heavy atom. The molecule has 3 aliphatic rings. The molecule has 0 radical (unpaired) electrons. The number of fused-ring (bicyclic) bond motifs is 4. The third kappa shape index (κ3) is 3.26. The zero-order valence-corrected chi connectivity index (χ0v) is 25.5. The summed E-state index contributed by atoms with van der Waals surface area (Å²) in [5.41, 5.74) is 13.7. The molecule has 4 aromatic rings. The van der Waals surface area contributed by atoms with Crippen LogP contribution in [0.2, 0.25) is 0 Å². The monoisotopic (exact) mass is 524 g/mol. The third-order valence-electron chi connectivity index (χ3n) is 11.0. The summed E-state index contributed by atoms with van der Waals surface area (Å²) in [6.45, 7) is 16.7. The lowest BCUT2D eigenvalue weighted by atomic mass is 9.64. The van der Waals surface area contributed by atoms with E-state index in [0.717, 1.165) is 6.42 Å². The molecule has 1 atom stereocenters. The van der Waals surface area contributed by atoms with E-state index in [1.165, 1.54) is 69.5 Å². The lowest BCUT2D eigenvalue weighted by Crippen LogP contribution is -2.29. The zero-order chi connectivity index (χ0) is 28.0. The molecule has 204 valence electrons. The van der Waals surface area contributed by atoms with Gasteiger partial charge in [0.2, 0.25) is 0 Å². The molecule has 0 bridgehead atoms. The average molecular weight is 525 g/mol. The van der Waals surface area contributed by atoms with Gasteiger partial charge in [0.15, 0.2) is 0 Å². The van der Waals surface area contributed by atoms with E-state index in [1.807, 2.05) is 0 Å². The fourth-order valence-corrected chi connectivity index (χ4v) is 8.95. The van der Waals surface area contributed by atoms with Crippen molar-refractivity contribution in [3.63, 3.8) is 0 Å². The summed E-state index contributed by atoms with van der Waals surface area (Å²) in [6.07, 6.45) is 11.3. The van der Waals surface area contributed by atoms with Crippen LogP contribution in [0.5, 0.6) is 0 Å². The van der Waals surface area contributed by atoms with E-state index >= 15 is 0 Å². The van der Waals surface area contributed by atoms with Crippen LogP contribution in [-0.2, 0) is 10.8 Å². The van der Waals surface area contributed by atoms with Gasteiger partial charge in [0.1, 0.15) is 0 Å². The van der Waals surface area contributed by atoms with Crippen LogP contribution < -0.4 is 0 Å². The van der Waals surface area contributed by atoms with Crippen molar-refractivity contribution in [3.8, 4) is 11.1 Å². The standard InChI is InChI=1S/C40H44/c1-8-25(9-2)29-20-30(26(10-3)11-4)23-40(22-29)32-17-16-28-18-24(5)19-33-35(28)36(32)37-34(39(33,6)7)21-27-14-12-13-15-31(27)38(37)40/h12-22,25-26H,8-11,23H2,1-7H3. The molecule has 3 aliphatic carbocycles. The summed E-state index contributed by atoms with van der Waals surface area (Å²) in [6, 6.07) is 21.6. The maximum absolute atomic E-state index is 2.76. The largest absolute Gasteiger partial charge is 0.0657 e. The number of allylic oxidation sites excluding steroid dienone is 4. The predicted octanol–water partition coefficient (Wildman–Crippen LogP) is 11.3. The molecule has 0 amide bonds. The Kier molecular flexibility index (Phi) is 5.77. The molecule has 7 rings (SSSR count). The quantitative estimate of drug-likeness (QED) is 0.235. The Morgan fingerprint density at radius 3 is 2.17 bits per heavy atom. The van der Waals surface area contributed by atoms with E-state index in [-0.39, 0.29) is 10.8 Å². The molecule has 0 heteroatoms. The maximum atomic E-state index is 2.76. The molecule has 1 unspecified atom stereocenters. The molecular weight excluding hydrogens is 480 g/mol. The van der Waals surface area contributed by atoms with Gasteiger partial charge >= 0.3 is 0 Å². The SMILES string of the molecule is CCC(CC)C1=CC2(CC(C(CC)CC)=C1)c1ccc3cc(C)cc4c3c1-c1c(cc3ccccc3c12)C4(C)C. The highest BCUT2D eigenvalue weighted by Gasteiger charge is 2.50. The number of hydrogen-bond donors (Lipinski definition) is 0. The van der Waals surface area contributed by atoms with E-state index in [4.69, 9.17) is 0 Å². The van der Waals surface area contributed by atoms with Gasteiger partial charge in [-0.05, 0) is 117 Å². The van der Waals surface area contributed by atoms with Crippen LogP contribution >= 0.6 is 0 Å². The van der Waals surface area contributed by atoms with Gasteiger partial charge in [-0.15, -0.1) is 0 Å². The van der Waals surface area contributed by atoms with Crippen LogP contribution in [0.3, 0.4) is 0 Å². The second-order valence-corrected chi connectivity index (χ2v) is 13.5. The topological polar surface area (TPSA) is 0 Å². The van der Waals surface area contributed by atoms with Gasteiger partial charge in [-0.2, -0.15) is 0 Å². The molecule has 0 saturated heterocycles. The van der Waals surface area contributed by atoms with Gasteiger partial charge in [0, 0.05) is 10.8 Å². The van der Waals surface area contributed by atoms with Crippen LogP contribution in [-0.4, -0.2) is 0 Å². The maximum Gasteiger partial charge on any atom is 0.0443 e. The average Bonchev–Trinajstić information content (AvgIpc) is 3.22. The van der Waals surface area contributed by atoms with E-state index in [9.17, 15) is 0 Å². The molecular formula is C40H44. The highest BCUT2D eigenvalue weighted by molar-refractivity contribution is 6.12. The van der Waals surface area contributed by atoms with Crippen molar-refractivity contribution in [1.82, 2.24) is 0 Å². The van der Waals surface area contributed by atoms with Gasteiger partial charge < -0.3 is 0 Å². The number of hydrogen-bond acceptors (Lipinski definition) is 0. The lowest BCUT2D eigenvalue weighted by Gasteiger charge is -2.39. The highest BCUT2D eigenvalue weighted by Crippen LogP contribution is 2.64. The van der Waals surface area contributed by atoms with E-state index in [1.54, 1.807) is 27.8 Å². The van der Waals surface area contributed by atoms with Crippen molar-refractivity contribution in [1.29, 1.82) is 0 Å². The van der Waals surface area contributed by atoms with Crippen molar-refractivity contribution in [2.24, 2.45) is 11.8 Å². The molecule has 0 nitrogen and oxygen atoms in total. The van der Waals surface area contributed by atoms with Crippen molar-refractivity contribution in [3.05, 3.63) is 106 Å². The summed E-state index contributed by atoms with van der Waals surface area (Å²) in [5, 5.41) is 5.74. The minimum absolute atomic E-state index is 0.0554. The second kappa shape index (κ2) is 8.94. The summed E-state index contributed by atoms with van der Waals surface area (Å²) >= 11 is 0. The Bertz CT molecular complexity index is 1750. The number of aryl methyl sites for hydroxylation is 1. The summed E-state index contributed by atoms with van der Waals surface area (Å²) in [7, 11) is 0. The fourth-order valence-electron chi connectivity index (χ4n) is 8.95. The van der Waals surface area contributed by atoms with Gasteiger partial charge in [-0.25, -0.2) is 0 Å². The molecule has 40 heavy (non-hydrogen) atoms.